The van der Waals surface area contributed by atoms with Crippen molar-refractivity contribution >= 4 is 28.8 Å². The molecule has 0 unspecified atom stereocenters. The van der Waals surface area contributed by atoms with Gasteiger partial charge < -0.3 is 25.4 Å². The molecule has 12 heteroatoms. The van der Waals surface area contributed by atoms with Gasteiger partial charge in [-0.05, 0) is 48.4 Å². The lowest BCUT2D eigenvalue weighted by molar-refractivity contribution is -0.124. The van der Waals surface area contributed by atoms with E-state index in [4.69, 9.17) is 4.74 Å². The summed E-state index contributed by atoms with van der Waals surface area (Å²) in [6.45, 7) is 3.59. The number of carbonyl (C=O) groups excluding carboxylic acids is 1. The molecular formula is C32H35FN8O3. The lowest BCUT2D eigenvalue weighted by Gasteiger charge is -2.36. The van der Waals surface area contributed by atoms with E-state index in [-0.39, 0.29) is 24.2 Å². The van der Waals surface area contributed by atoms with E-state index in [0.29, 0.717) is 30.0 Å². The lowest BCUT2D eigenvalue weighted by Crippen LogP contribution is -2.54. The van der Waals surface area contributed by atoms with E-state index in [1.807, 2.05) is 48.5 Å². The largest absolute Gasteiger partial charge is 0.392 e. The number of hydrogen-bond donors (Lipinski definition) is 3. The zero-order valence-corrected chi connectivity index (χ0v) is 24.7. The van der Waals surface area contributed by atoms with Gasteiger partial charge in [0.25, 0.3) is 0 Å². The van der Waals surface area contributed by atoms with Crippen LogP contribution in [0.25, 0.3) is 11.3 Å². The molecule has 2 aliphatic rings. The highest BCUT2D eigenvalue weighted by Crippen LogP contribution is 2.37. The number of benzene rings is 2. The molecule has 3 heterocycles. The van der Waals surface area contributed by atoms with Crippen LogP contribution in [0.3, 0.4) is 0 Å². The first-order chi connectivity index (χ1) is 21.4. The highest BCUT2D eigenvalue weighted by atomic mass is 19.1. The highest BCUT2D eigenvalue weighted by Gasteiger charge is 2.30. The van der Waals surface area contributed by atoms with Crippen molar-refractivity contribution in [2.75, 3.05) is 57.6 Å². The Morgan fingerprint density at radius 2 is 1.95 bits per heavy atom. The van der Waals surface area contributed by atoms with E-state index in [2.05, 4.69) is 42.5 Å². The van der Waals surface area contributed by atoms with E-state index >= 15 is 4.39 Å². The van der Waals surface area contributed by atoms with Crippen molar-refractivity contribution < 1.29 is 19.0 Å². The maximum atomic E-state index is 15.2. The predicted molar refractivity (Wildman–Crippen MR) is 165 cm³/mol. The second-order valence-corrected chi connectivity index (χ2v) is 11.0. The summed E-state index contributed by atoms with van der Waals surface area (Å²) < 4.78 is 22.2. The van der Waals surface area contributed by atoms with Gasteiger partial charge in [0, 0.05) is 44.5 Å². The van der Waals surface area contributed by atoms with E-state index in [1.165, 1.54) is 0 Å². The number of piperazine rings is 1. The lowest BCUT2D eigenvalue weighted by atomic mass is 10.0. The summed E-state index contributed by atoms with van der Waals surface area (Å²) in [6, 6.07) is 12.6. The summed E-state index contributed by atoms with van der Waals surface area (Å²) in [5.41, 5.74) is 5.41. The van der Waals surface area contributed by atoms with Crippen LogP contribution in [0, 0.1) is 5.82 Å². The molecule has 0 bridgehead atoms. The minimum atomic E-state index is -0.546. The van der Waals surface area contributed by atoms with Crippen LogP contribution in [0.2, 0.25) is 0 Å². The number of nitrogens with zero attached hydrogens (tertiary/aromatic N) is 6. The van der Waals surface area contributed by atoms with Gasteiger partial charge in [-0.3, -0.25) is 9.69 Å². The van der Waals surface area contributed by atoms with Crippen LogP contribution in [-0.4, -0.2) is 93.5 Å². The molecule has 1 fully saturated rings. The van der Waals surface area contributed by atoms with Crippen LogP contribution in [0.1, 0.15) is 22.4 Å². The molecule has 2 aromatic heterocycles. The number of hydrogen-bond acceptors (Lipinski definition) is 9. The minimum absolute atomic E-state index is 0.0653. The van der Waals surface area contributed by atoms with Crippen LogP contribution in [0.5, 0.6) is 0 Å². The third-order valence-corrected chi connectivity index (χ3v) is 8.04. The fourth-order valence-electron chi connectivity index (χ4n) is 5.64. The molecule has 1 aliphatic heterocycles. The predicted octanol–water partition coefficient (Wildman–Crippen LogP) is 3.23. The van der Waals surface area contributed by atoms with E-state index < -0.39 is 11.9 Å². The molecule has 0 saturated carbocycles. The number of aromatic nitrogens is 4. The Kier molecular flexibility index (Phi) is 8.75. The molecule has 1 saturated heterocycles. The van der Waals surface area contributed by atoms with Gasteiger partial charge in [0.2, 0.25) is 11.9 Å². The molecule has 4 aromatic rings. The first kappa shape index (κ1) is 29.6. The third-order valence-electron chi connectivity index (χ3n) is 8.04. The number of carbonyl (C=O) groups is 1. The number of anilines is 3. The summed E-state index contributed by atoms with van der Waals surface area (Å²) in [6.07, 6.45) is 6.98. The fourth-order valence-corrected chi connectivity index (χ4v) is 5.64. The number of nitrogens with one attached hydrogen (secondary N) is 2. The van der Waals surface area contributed by atoms with Crippen LogP contribution in [0.15, 0.2) is 67.1 Å². The number of fused-ring (bicyclic) bond motifs is 1. The Morgan fingerprint density at radius 1 is 1.14 bits per heavy atom. The topological polar surface area (TPSA) is 121 Å². The summed E-state index contributed by atoms with van der Waals surface area (Å²) >= 11 is 0. The molecule has 3 N–H and O–H groups in total. The van der Waals surface area contributed by atoms with Gasteiger partial charge in [-0.15, -0.1) is 0 Å². The molecule has 2 aromatic carbocycles. The third kappa shape index (κ3) is 6.24. The summed E-state index contributed by atoms with van der Waals surface area (Å²) in [7, 11) is 3.68. The molecule has 11 nitrogen and oxygen atoms in total. The highest BCUT2D eigenvalue weighted by molar-refractivity contribution is 5.97. The Hall–Kier alpha value is -4.49. The second kappa shape index (κ2) is 13.0. The van der Waals surface area contributed by atoms with Gasteiger partial charge in [-0.1, -0.05) is 30.3 Å². The molecule has 228 valence electrons. The van der Waals surface area contributed by atoms with Crippen LogP contribution in [-0.2, 0) is 22.6 Å². The normalized spacial score (nSPS) is 16.0. The summed E-state index contributed by atoms with van der Waals surface area (Å²) in [5, 5.41) is 20.0. The quantitative estimate of drug-likeness (QED) is 0.253. The van der Waals surface area contributed by atoms with Gasteiger partial charge in [0.05, 0.1) is 43.2 Å². The van der Waals surface area contributed by atoms with E-state index in [0.717, 1.165) is 54.8 Å². The summed E-state index contributed by atoms with van der Waals surface area (Å²) in [4.78, 5) is 26.5. The van der Waals surface area contributed by atoms with E-state index in [1.54, 1.807) is 24.2 Å². The van der Waals surface area contributed by atoms with Crippen molar-refractivity contribution in [3.05, 3.63) is 95.3 Å². The Bertz CT molecular complexity index is 1680. The number of allylic oxidation sites excluding steroid dienone is 1. The van der Waals surface area contributed by atoms with Crippen LogP contribution >= 0.6 is 0 Å². The van der Waals surface area contributed by atoms with Crippen molar-refractivity contribution in [3.63, 3.8) is 0 Å². The van der Waals surface area contributed by atoms with Gasteiger partial charge in [0.15, 0.2) is 5.82 Å². The molecule has 1 amide bonds. The fraction of sp³-hybridized carbons (Fsp3) is 0.312. The summed E-state index contributed by atoms with van der Waals surface area (Å²) in [5.74, 6) is -0.448. The second-order valence-electron chi connectivity index (χ2n) is 11.0. The Labute approximate surface area is 255 Å². The number of aliphatic hydroxyl groups is 1. The first-order valence-electron chi connectivity index (χ1n) is 14.5. The number of likely N-dealkylation sites (N-methyl/N-ethyl adjacent to an activating group) is 1. The molecule has 1 atom stereocenters. The van der Waals surface area contributed by atoms with Gasteiger partial charge in [-0.25, -0.2) is 19.0 Å². The van der Waals surface area contributed by atoms with Crippen molar-refractivity contribution in [3.8, 4) is 5.69 Å². The van der Waals surface area contributed by atoms with E-state index in [9.17, 15) is 9.90 Å². The van der Waals surface area contributed by atoms with Crippen molar-refractivity contribution in [1.29, 1.82) is 0 Å². The number of ether oxygens (including phenoxy) is 1. The zero-order valence-electron chi connectivity index (χ0n) is 24.7. The zero-order chi connectivity index (χ0) is 30.6. The molecule has 1 aliphatic carbocycles. The average Bonchev–Trinajstić information content (AvgIpc) is 3.69. The molecule has 44 heavy (non-hydrogen) atoms. The Balaban J connectivity index is 1.20. The molecule has 0 spiro atoms. The van der Waals surface area contributed by atoms with Crippen LogP contribution < -0.4 is 10.6 Å². The maximum Gasteiger partial charge on any atom is 0.244 e. The van der Waals surface area contributed by atoms with Crippen LogP contribution in [0.4, 0.5) is 21.7 Å². The minimum Gasteiger partial charge on any atom is -0.392 e. The standard InChI is InChI=1S/C32H35FN8O3/c1-39-11-13-40(14-12-39)29(20-44-2)31(43)37-28-8-4-7-24-25(28)9-10-26(24)30-27(33)17-34-32(38-30)36-22-16-35-41(18-22)23-6-3-5-21(15-23)19-42/h3-8,10,15-18,29,42H,9,11-14,19-20H2,1-2H3,(H,37,43)(H,34,36,38)/t29-/m1/s1. The SMILES string of the molecule is COC[C@H](C(=O)Nc1cccc2c1CC=C2c1nc(Nc2cnn(-c3cccc(CO)c3)c2)ncc1F)N1CCN(C)CC1. The first-order valence-corrected chi connectivity index (χ1v) is 14.5. The van der Waals surface area contributed by atoms with Crippen molar-refractivity contribution in [1.82, 2.24) is 29.5 Å². The molecule has 0 radical (unpaired) electrons. The van der Waals surface area contributed by atoms with Gasteiger partial charge >= 0.3 is 0 Å². The Morgan fingerprint density at radius 3 is 2.75 bits per heavy atom. The molecule has 6 rings (SSSR count). The monoisotopic (exact) mass is 598 g/mol. The maximum absolute atomic E-state index is 15.2. The number of aliphatic hydroxyl groups excluding tert-OH is 1. The van der Waals surface area contributed by atoms with Gasteiger partial charge in [0.1, 0.15) is 11.7 Å². The number of amides is 1. The number of methoxy groups -OCH3 is 1. The molecular weight excluding hydrogens is 563 g/mol. The number of halogens is 1. The van der Waals surface area contributed by atoms with Crippen molar-refractivity contribution in [2.45, 2.75) is 19.1 Å². The van der Waals surface area contributed by atoms with Crippen molar-refractivity contribution in [2.24, 2.45) is 0 Å². The smallest absolute Gasteiger partial charge is 0.244 e. The van der Waals surface area contributed by atoms with Gasteiger partial charge in [-0.2, -0.15) is 5.10 Å². The average molecular weight is 599 g/mol. The number of rotatable bonds is 10.